The molecule has 0 N–H and O–H groups in total. The standard InChI is InChI=1S/C14H17NO3/c1-9-11(17-4)7-6-10(12(9)18-5)13(16)14(2,3)8-15/h6-7H,1-5H3. The van der Waals surface area contributed by atoms with E-state index < -0.39 is 5.41 Å². The van der Waals surface area contributed by atoms with E-state index in [-0.39, 0.29) is 5.78 Å². The van der Waals surface area contributed by atoms with Crippen LogP contribution in [0.25, 0.3) is 0 Å². The first-order chi connectivity index (χ1) is 8.38. The van der Waals surface area contributed by atoms with Crippen molar-refractivity contribution < 1.29 is 14.3 Å². The number of ketones is 1. The number of benzene rings is 1. The van der Waals surface area contributed by atoms with E-state index in [9.17, 15) is 4.79 Å². The molecule has 0 bridgehead atoms. The van der Waals surface area contributed by atoms with Gasteiger partial charge < -0.3 is 9.47 Å². The van der Waals surface area contributed by atoms with Crippen LogP contribution in [-0.4, -0.2) is 20.0 Å². The van der Waals surface area contributed by atoms with Gasteiger partial charge in [-0.15, -0.1) is 0 Å². The maximum Gasteiger partial charge on any atom is 0.186 e. The van der Waals surface area contributed by atoms with Crippen molar-refractivity contribution in [1.29, 1.82) is 5.26 Å². The first-order valence-electron chi connectivity index (χ1n) is 5.56. The van der Waals surface area contributed by atoms with E-state index in [1.54, 1.807) is 33.1 Å². The number of Topliss-reactive ketones (excluding diaryl/α,β-unsaturated/α-hetero) is 1. The van der Waals surface area contributed by atoms with Crippen LogP contribution in [0.2, 0.25) is 0 Å². The van der Waals surface area contributed by atoms with Gasteiger partial charge in [0.25, 0.3) is 0 Å². The Morgan fingerprint density at radius 3 is 2.33 bits per heavy atom. The quantitative estimate of drug-likeness (QED) is 0.767. The number of rotatable bonds is 4. The summed E-state index contributed by atoms with van der Waals surface area (Å²) in [7, 11) is 3.06. The molecular formula is C14H17NO3. The van der Waals surface area contributed by atoms with Gasteiger partial charge >= 0.3 is 0 Å². The first kappa shape index (κ1) is 14.0. The molecule has 1 rings (SSSR count). The molecule has 0 aliphatic heterocycles. The molecule has 0 radical (unpaired) electrons. The van der Waals surface area contributed by atoms with Crippen molar-refractivity contribution in [3.8, 4) is 17.6 Å². The van der Waals surface area contributed by atoms with Crippen LogP contribution in [0.15, 0.2) is 12.1 Å². The molecule has 4 heteroatoms. The molecule has 96 valence electrons. The van der Waals surface area contributed by atoms with Crippen molar-refractivity contribution in [3.05, 3.63) is 23.3 Å². The molecule has 0 spiro atoms. The van der Waals surface area contributed by atoms with Crippen LogP contribution in [0.5, 0.6) is 11.5 Å². The average Bonchev–Trinajstić information content (AvgIpc) is 2.37. The van der Waals surface area contributed by atoms with E-state index >= 15 is 0 Å². The lowest BCUT2D eigenvalue weighted by molar-refractivity contribution is 0.0888. The van der Waals surface area contributed by atoms with Gasteiger partial charge in [0.15, 0.2) is 5.78 Å². The predicted molar refractivity (Wildman–Crippen MR) is 68.0 cm³/mol. The van der Waals surface area contributed by atoms with Crippen LogP contribution >= 0.6 is 0 Å². The fourth-order valence-electron chi connectivity index (χ4n) is 1.72. The second-order valence-electron chi connectivity index (χ2n) is 4.54. The molecule has 1 aromatic carbocycles. The third kappa shape index (κ3) is 2.30. The number of ether oxygens (including phenoxy) is 2. The highest BCUT2D eigenvalue weighted by atomic mass is 16.5. The van der Waals surface area contributed by atoms with E-state index in [1.165, 1.54) is 7.11 Å². The summed E-state index contributed by atoms with van der Waals surface area (Å²) in [6.07, 6.45) is 0. The van der Waals surface area contributed by atoms with Gasteiger partial charge in [-0.05, 0) is 32.9 Å². The summed E-state index contributed by atoms with van der Waals surface area (Å²) >= 11 is 0. The number of nitrogens with zero attached hydrogens (tertiary/aromatic N) is 1. The average molecular weight is 247 g/mol. The van der Waals surface area contributed by atoms with Crippen molar-refractivity contribution in [2.24, 2.45) is 5.41 Å². The molecule has 0 unspecified atom stereocenters. The van der Waals surface area contributed by atoms with Crippen LogP contribution in [0.3, 0.4) is 0 Å². The lowest BCUT2D eigenvalue weighted by Crippen LogP contribution is -2.23. The van der Waals surface area contributed by atoms with Gasteiger partial charge in [0.1, 0.15) is 16.9 Å². The highest BCUT2D eigenvalue weighted by Crippen LogP contribution is 2.34. The summed E-state index contributed by atoms with van der Waals surface area (Å²) in [6.45, 7) is 5.00. The van der Waals surface area contributed by atoms with Crippen molar-refractivity contribution >= 4 is 5.78 Å². The van der Waals surface area contributed by atoms with Gasteiger partial charge in [-0.2, -0.15) is 5.26 Å². The Hall–Kier alpha value is -2.02. The van der Waals surface area contributed by atoms with Gasteiger partial charge in [0, 0.05) is 5.56 Å². The molecule has 0 atom stereocenters. The summed E-state index contributed by atoms with van der Waals surface area (Å²) < 4.78 is 10.4. The third-order valence-corrected chi connectivity index (χ3v) is 2.87. The molecule has 18 heavy (non-hydrogen) atoms. The molecule has 0 heterocycles. The topological polar surface area (TPSA) is 59.3 Å². The SMILES string of the molecule is COc1ccc(C(=O)C(C)(C)C#N)c(OC)c1C. The number of methoxy groups -OCH3 is 2. The molecule has 1 aromatic rings. The summed E-state index contributed by atoms with van der Waals surface area (Å²) in [6, 6.07) is 5.34. The van der Waals surface area contributed by atoms with Crippen LogP contribution in [0.4, 0.5) is 0 Å². The zero-order valence-corrected chi connectivity index (χ0v) is 11.3. The minimum absolute atomic E-state index is 0.257. The Morgan fingerprint density at radius 2 is 1.89 bits per heavy atom. The van der Waals surface area contributed by atoms with Crippen LogP contribution in [0, 0.1) is 23.7 Å². The van der Waals surface area contributed by atoms with Gasteiger partial charge in [-0.1, -0.05) is 0 Å². The van der Waals surface area contributed by atoms with Crippen molar-refractivity contribution in [3.63, 3.8) is 0 Å². The minimum Gasteiger partial charge on any atom is -0.496 e. The number of hydrogen-bond acceptors (Lipinski definition) is 4. The highest BCUT2D eigenvalue weighted by Gasteiger charge is 2.31. The number of hydrogen-bond donors (Lipinski definition) is 0. The third-order valence-electron chi connectivity index (χ3n) is 2.87. The van der Waals surface area contributed by atoms with Crippen LogP contribution < -0.4 is 9.47 Å². The molecule has 0 fully saturated rings. The van der Waals surface area contributed by atoms with E-state index in [0.717, 1.165) is 5.56 Å². The molecule has 4 nitrogen and oxygen atoms in total. The summed E-state index contributed by atoms with van der Waals surface area (Å²) in [5, 5.41) is 9.02. The monoisotopic (exact) mass is 247 g/mol. The molecular weight excluding hydrogens is 230 g/mol. The number of carbonyl (C=O) groups excluding carboxylic acids is 1. The van der Waals surface area contributed by atoms with Crippen molar-refractivity contribution in [2.45, 2.75) is 20.8 Å². The summed E-state index contributed by atoms with van der Waals surface area (Å²) in [4.78, 5) is 12.3. The molecule has 0 amide bonds. The Bertz CT molecular complexity index is 513. The summed E-state index contributed by atoms with van der Waals surface area (Å²) in [5.74, 6) is 0.855. The van der Waals surface area contributed by atoms with Crippen LogP contribution in [0.1, 0.15) is 29.8 Å². The second kappa shape index (κ2) is 5.09. The Balaban J connectivity index is 3.40. The maximum absolute atomic E-state index is 12.3. The van der Waals surface area contributed by atoms with Gasteiger partial charge in [-0.25, -0.2) is 0 Å². The minimum atomic E-state index is -1.08. The van der Waals surface area contributed by atoms with Crippen LogP contribution in [-0.2, 0) is 0 Å². The fraction of sp³-hybridized carbons (Fsp3) is 0.429. The summed E-state index contributed by atoms with van der Waals surface area (Å²) in [5.41, 5.74) is 0.0795. The molecule has 0 aliphatic carbocycles. The number of carbonyl (C=O) groups is 1. The fourth-order valence-corrected chi connectivity index (χ4v) is 1.72. The second-order valence-corrected chi connectivity index (χ2v) is 4.54. The van der Waals surface area contributed by atoms with E-state index in [4.69, 9.17) is 14.7 Å². The van der Waals surface area contributed by atoms with Gasteiger partial charge in [0.05, 0.1) is 25.9 Å². The smallest absolute Gasteiger partial charge is 0.186 e. The van der Waals surface area contributed by atoms with Gasteiger partial charge in [-0.3, -0.25) is 4.79 Å². The van der Waals surface area contributed by atoms with Crippen molar-refractivity contribution in [1.82, 2.24) is 0 Å². The predicted octanol–water partition coefficient (Wildman–Crippen LogP) is 2.74. The highest BCUT2D eigenvalue weighted by molar-refractivity contribution is 6.04. The number of nitriles is 1. The Kier molecular flexibility index (Phi) is 3.97. The molecule has 0 saturated heterocycles. The van der Waals surface area contributed by atoms with E-state index in [2.05, 4.69) is 0 Å². The molecule has 0 saturated carbocycles. The zero-order valence-electron chi connectivity index (χ0n) is 11.3. The Morgan fingerprint density at radius 1 is 1.28 bits per heavy atom. The normalized spacial score (nSPS) is 10.7. The maximum atomic E-state index is 12.3. The van der Waals surface area contributed by atoms with Crippen molar-refractivity contribution in [2.75, 3.05) is 14.2 Å². The lowest BCUT2D eigenvalue weighted by atomic mass is 9.85. The van der Waals surface area contributed by atoms with E-state index in [1.807, 2.05) is 13.0 Å². The largest absolute Gasteiger partial charge is 0.496 e. The first-order valence-corrected chi connectivity index (χ1v) is 5.56. The van der Waals surface area contributed by atoms with E-state index in [0.29, 0.717) is 17.1 Å². The zero-order chi connectivity index (χ0) is 13.9. The lowest BCUT2D eigenvalue weighted by Gasteiger charge is -2.18. The Labute approximate surface area is 107 Å². The molecule has 0 aromatic heterocycles. The van der Waals surface area contributed by atoms with Gasteiger partial charge in [0.2, 0.25) is 0 Å². The molecule has 0 aliphatic rings.